The first kappa shape index (κ1) is 27.3. The van der Waals surface area contributed by atoms with Gasteiger partial charge in [-0.2, -0.15) is 23.3 Å². The van der Waals surface area contributed by atoms with Gasteiger partial charge in [0.1, 0.15) is 0 Å². The number of benzene rings is 2. The minimum atomic E-state index is -5.08. The molecule has 2 heterocycles. The summed E-state index contributed by atoms with van der Waals surface area (Å²) in [6, 6.07) is 11.9. The van der Waals surface area contributed by atoms with E-state index < -0.39 is 27.8 Å². The molecule has 0 bridgehead atoms. The fourth-order valence-corrected chi connectivity index (χ4v) is 3.83. The molecule has 0 fully saturated rings. The first-order chi connectivity index (χ1) is 17.3. The van der Waals surface area contributed by atoms with E-state index in [0.29, 0.717) is 12.2 Å². The summed E-state index contributed by atoms with van der Waals surface area (Å²) in [4.78, 5) is 19.1. The summed E-state index contributed by atoms with van der Waals surface area (Å²) in [6.07, 6.45) is -1.18. The molecule has 0 spiro atoms. The van der Waals surface area contributed by atoms with Gasteiger partial charge in [0.05, 0.1) is 28.5 Å². The molecule has 15 heteroatoms. The highest BCUT2D eigenvalue weighted by Gasteiger charge is 2.38. The summed E-state index contributed by atoms with van der Waals surface area (Å²) in [5, 5.41) is 17.9. The zero-order chi connectivity index (χ0) is 27.4. The highest BCUT2D eigenvalue weighted by molar-refractivity contribution is 7.90. The molecule has 0 amide bonds. The van der Waals surface area contributed by atoms with Crippen molar-refractivity contribution in [2.24, 2.45) is 0 Å². The Kier molecular flexibility index (Phi) is 7.96. The fourth-order valence-electron chi connectivity index (χ4n) is 3.16. The quantitative estimate of drug-likeness (QED) is 0.303. The van der Waals surface area contributed by atoms with Crippen LogP contribution in [0, 0.1) is 5.82 Å². The van der Waals surface area contributed by atoms with Crippen molar-refractivity contribution in [3.63, 3.8) is 0 Å². The van der Waals surface area contributed by atoms with Crippen molar-refractivity contribution in [3.8, 4) is 0 Å². The fraction of sp³-hybridized carbons (Fsp3) is 0.182. The van der Waals surface area contributed by atoms with Gasteiger partial charge in [-0.05, 0) is 37.3 Å². The molecule has 0 radical (unpaired) electrons. The van der Waals surface area contributed by atoms with Gasteiger partial charge >= 0.3 is 12.1 Å². The Morgan fingerprint density at radius 2 is 1.84 bits per heavy atom. The SMILES string of the molecule is CCN(c1nc(Nc2cccc(S(C)(=O)=O)c2)ncc1F)c1cccc2[nH]ncc12.O=C(O)C(F)(F)F. The normalized spacial score (nSPS) is 11.5. The summed E-state index contributed by atoms with van der Waals surface area (Å²) in [5.41, 5.74) is 2.07. The van der Waals surface area contributed by atoms with Crippen LogP contribution in [0.3, 0.4) is 0 Å². The summed E-state index contributed by atoms with van der Waals surface area (Å²) >= 11 is 0. The number of alkyl halides is 3. The molecule has 2 aromatic carbocycles. The number of nitrogens with zero attached hydrogens (tertiary/aromatic N) is 4. The summed E-state index contributed by atoms with van der Waals surface area (Å²) in [5.74, 6) is -3.09. The molecule has 196 valence electrons. The van der Waals surface area contributed by atoms with Crippen molar-refractivity contribution in [1.29, 1.82) is 0 Å². The van der Waals surface area contributed by atoms with E-state index in [1.807, 2.05) is 25.1 Å². The maximum Gasteiger partial charge on any atom is 0.490 e. The van der Waals surface area contributed by atoms with E-state index in [1.54, 1.807) is 23.2 Å². The van der Waals surface area contributed by atoms with Crippen molar-refractivity contribution >= 4 is 49.9 Å². The molecule has 3 N–H and O–H groups in total. The van der Waals surface area contributed by atoms with Gasteiger partial charge in [-0.3, -0.25) is 5.10 Å². The zero-order valence-electron chi connectivity index (χ0n) is 19.3. The van der Waals surface area contributed by atoms with Crippen molar-refractivity contribution < 1.29 is 35.9 Å². The number of carbonyl (C=O) groups is 1. The van der Waals surface area contributed by atoms with Crippen LogP contribution in [0.5, 0.6) is 0 Å². The molecular weight excluding hydrogens is 520 g/mol. The van der Waals surface area contributed by atoms with E-state index in [4.69, 9.17) is 9.90 Å². The number of aromatic nitrogens is 4. The number of H-pyrrole nitrogens is 1. The molecule has 0 aliphatic rings. The van der Waals surface area contributed by atoms with Gasteiger partial charge in [-0.1, -0.05) is 12.1 Å². The Hall–Kier alpha value is -4.27. The lowest BCUT2D eigenvalue weighted by atomic mass is 10.2. The monoisotopic (exact) mass is 540 g/mol. The first-order valence-electron chi connectivity index (χ1n) is 10.4. The van der Waals surface area contributed by atoms with Crippen LogP contribution < -0.4 is 10.2 Å². The Bertz CT molecular complexity index is 1530. The maximum atomic E-state index is 14.7. The van der Waals surface area contributed by atoms with E-state index in [0.717, 1.165) is 29.0 Å². The molecule has 0 aliphatic heterocycles. The second kappa shape index (κ2) is 10.8. The van der Waals surface area contributed by atoms with Gasteiger partial charge in [-0.15, -0.1) is 0 Å². The average Bonchev–Trinajstić information content (AvgIpc) is 3.31. The summed E-state index contributed by atoms with van der Waals surface area (Å²) < 4.78 is 70.0. The Morgan fingerprint density at radius 1 is 1.16 bits per heavy atom. The number of carboxylic acid groups (broad SMARTS) is 1. The van der Waals surface area contributed by atoms with Gasteiger partial charge < -0.3 is 15.3 Å². The number of carboxylic acids is 1. The molecule has 2 aromatic heterocycles. The summed E-state index contributed by atoms with van der Waals surface area (Å²) in [7, 11) is -3.36. The molecule has 0 saturated carbocycles. The van der Waals surface area contributed by atoms with Gasteiger partial charge in [-0.25, -0.2) is 22.6 Å². The lowest BCUT2D eigenvalue weighted by Crippen LogP contribution is -2.21. The summed E-state index contributed by atoms with van der Waals surface area (Å²) in [6.45, 7) is 2.35. The number of aliphatic carboxylic acids is 1. The molecule has 0 atom stereocenters. The number of nitrogens with one attached hydrogen (secondary N) is 2. The van der Waals surface area contributed by atoms with E-state index in [-0.39, 0.29) is 16.7 Å². The van der Waals surface area contributed by atoms with Crippen molar-refractivity contribution in [1.82, 2.24) is 20.2 Å². The molecule has 0 aliphatic carbocycles. The lowest BCUT2D eigenvalue weighted by molar-refractivity contribution is -0.192. The number of hydrogen-bond acceptors (Lipinski definition) is 8. The molecule has 0 saturated heterocycles. The smallest absolute Gasteiger partial charge is 0.475 e. The standard InChI is InChI=1S/C20H19FN6O2S.C2HF3O2/c1-3-27(18-9-5-8-17-15(18)11-23-26-17)19-16(21)12-22-20(25-19)24-13-6-4-7-14(10-13)30(2,28)29;3-2(4,5)1(6)7/h4-12H,3H2,1-2H3,(H,23,26)(H,22,24,25);(H,6,7). The van der Waals surface area contributed by atoms with Crippen LogP contribution in [-0.4, -0.2) is 58.6 Å². The van der Waals surface area contributed by atoms with Crippen LogP contribution in [0.4, 0.5) is 40.7 Å². The largest absolute Gasteiger partial charge is 0.490 e. The lowest BCUT2D eigenvalue weighted by Gasteiger charge is -2.23. The second-order valence-corrected chi connectivity index (χ2v) is 9.46. The third-order valence-electron chi connectivity index (χ3n) is 4.81. The first-order valence-corrected chi connectivity index (χ1v) is 12.3. The number of rotatable bonds is 6. The van der Waals surface area contributed by atoms with Crippen molar-refractivity contribution in [2.75, 3.05) is 23.0 Å². The Morgan fingerprint density at radius 3 is 2.46 bits per heavy atom. The van der Waals surface area contributed by atoms with Crippen LogP contribution in [-0.2, 0) is 14.6 Å². The van der Waals surface area contributed by atoms with Crippen LogP contribution >= 0.6 is 0 Å². The molecule has 37 heavy (non-hydrogen) atoms. The third kappa shape index (κ3) is 6.69. The van der Waals surface area contributed by atoms with E-state index >= 15 is 0 Å². The van der Waals surface area contributed by atoms with E-state index in [9.17, 15) is 26.0 Å². The Balaban J connectivity index is 0.000000479. The van der Waals surface area contributed by atoms with E-state index in [1.165, 1.54) is 12.1 Å². The third-order valence-corrected chi connectivity index (χ3v) is 5.92. The van der Waals surface area contributed by atoms with Crippen LogP contribution in [0.25, 0.3) is 10.9 Å². The Labute approximate surface area is 207 Å². The highest BCUT2D eigenvalue weighted by Crippen LogP contribution is 2.32. The van der Waals surface area contributed by atoms with E-state index in [2.05, 4.69) is 25.5 Å². The second-order valence-electron chi connectivity index (χ2n) is 7.45. The zero-order valence-corrected chi connectivity index (χ0v) is 20.1. The van der Waals surface area contributed by atoms with Gasteiger partial charge in [0.15, 0.2) is 21.5 Å². The van der Waals surface area contributed by atoms with Crippen molar-refractivity contribution in [2.45, 2.75) is 18.0 Å². The van der Waals surface area contributed by atoms with Crippen LogP contribution in [0.2, 0.25) is 0 Å². The van der Waals surface area contributed by atoms with Crippen LogP contribution in [0.1, 0.15) is 6.92 Å². The number of aromatic amines is 1. The number of anilines is 4. The molecule has 10 nitrogen and oxygen atoms in total. The number of sulfone groups is 1. The number of halogens is 4. The predicted octanol–water partition coefficient (Wildman–Crippen LogP) is 4.43. The maximum absolute atomic E-state index is 14.7. The van der Waals surface area contributed by atoms with Gasteiger partial charge in [0, 0.05) is 23.9 Å². The molecule has 4 rings (SSSR count). The highest BCUT2D eigenvalue weighted by atomic mass is 32.2. The molecule has 0 unspecified atom stereocenters. The van der Waals surface area contributed by atoms with Gasteiger partial charge in [0.25, 0.3) is 0 Å². The molecular formula is C22H20F4N6O4S. The minimum Gasteiger partial charge on any atom is -0.475 e. The predicted molar refractivity (Wildman–Crippen MR) is 127 cm³/mol. The number of hydrogen-bond donors (Lipinski definition) is 3. The van der Waals surface area contributed by atoms with Crippen LogP contribution in [0.15, 0.2) is 59.8 Å². The molecule has 4 aromatic rings. The number of fused-ring (bicyclic) bond motifs is 1. The van der Waals surface area contributed by atoms with Crippen molar-refractivity contribution in [3.05, 3.63) is 60.7 Å². The topological polar surface area (TPSA) is 141 Å². The minimum absolute atomic E-state index is 0.1000. The van der Waals surface area contributed by atoms with Gasteiger partial charge in [0.2, 0.25) is 5.95 Å². The average molecular weight is 540 g/mol.